The van der Waals surface area contributed by atoms with Crippen LogP contribution in [-0.4, -0.2) is 13.2 Å². The van der Waals surface area contributed by atoms with Crippen LogP contribution in [0.4, 0.5) is 0 Å². The Balaban J connectivity index is 1.89. The summed E-state index contributed by atoms with van der Waals surface area (Å²) in [5.41, 5.74) is 2.77. The fourth-order valence-electron chi connectivity index (χ4n) is 2.54. The summed E-state index contributed by atoms with van der Waals surface area (Å²) in [6.07, 6.45) is 4.89. The molecule has 3 rings (SSSR count). The third kappa shape index (κ3) is 1.74. The van der Waals surface area contributed by atoms with Crippen LogP contribution in [0.15, 0.2) is 18.2 Å². The van der Waals surface area contributed by atoms with E-state index >= 15 is 0 Å². The molecule has 2 aliphatic rings. The molecule has 15 heavy (non-hydrogen) atoms. The molecule has 0 spiro atoms. The van der Waals surface area contributed by atoms with Gasteiger partial charge >= 0.3 is 0 Å². The lowest BCUT2D eigenvalue weighted by molar-refractivity contribution is 0.288. The van der Waals surface area contributed by atoms with Gasteiger partial charge in [-0.2, -0.15) is 0 Å². The van der Waals surface area contributed by atoms with E-state index in [9.17, 15) is 0 Å². The quantitative estimate of drug-likeness (QED) is 0.757. The van der Waals surface area contributed by atoms with Gasteiger partial charge in [-0.25, -0.2) is 0 Å². The van der Waals surface area contributed by atoms with E-state index in [-0.39, 0.29) is 0 Å². The molecule has 0 bridgehead atoms. The molecule has 1 N–H and O–H groups in total. The molecule has 1 saturated heterocycles. The second-order valence-corrected chi connectivity index (χ2v) is 4.47. The summed E-state index contributed by atoms with van der Waals surface area (Å²) >= 11 is 0. The van der Waals surface area contributed by atoms with Gasteiger partial charge in [0.05, 0.1) is 6.61 Å². The summed E-state index contributed by atoms with van der Waals surface area (Å²) in [4.78, 5) is 0. The first-order valence-electron chi connectivity index (χ1n) is 5.92. The molecule has 2 nitrogen and oxygen atoms in total. The van der Waals surface area contributed by atoms with Crippen molar-refractivity contribution in [1.82, 2.24) is 5.32 Å². The summed E-state index contributed by atoms with van der Waals surface area (Å²) in [5, 5.41) is 3.52. The number of hydrogen-bond donors (Lipinski definition) is 1. The normalized spacial score (nSPS) is 24.7. The van der Waals surface area contributed by atoms with E-state index in [4.69, 9.17) is 4.74 Å². The molecular weight excluding hydrogens is 186 g/mol. The molecule has 2 aliphatic heterocycles. The molecule has 0 aliphatic carbocycles. The van der Waals surface area contributed by atoms with Crippen LogP contribution in [0.1, 0.15) is 36.4 Å². The smallest absolute Gasteiger partial charge is 0.122 e. The van der Waals surface area contributed by atoms with Gasteiger partial charge in [-0.05, 0) is 49.4 Å². The second kappa shape index (κ2) is 3.86. The van der Waals surface area contributed by atoms with E-state index in [2.05, 4.69) is 23.5 Å². The summed E-state index contributed by atoms with van der Waals surface area (Å²) in [7, 11) is 0. The minimum absolute atomic E-state index is 0.556. The predicted octanol–water partition coefficient (Wildman–Crippen LogP) is 2.44. The Labute approximate surface area is 90.6 Å². The van der Waals surface area contributed by atoms with E-state index in [0.29, 0.717) is 6.04 Å². The van der Waals surface area contributed by atoms with Crippen LogP contribution in [-0.2, 0) is 6.42 Å². The molecule has 80 valence electrons. The Morgan fingerprint density at radius 1 is 1.27 bits per heavy atom. The van der Waals surface area contributed by atoms with Gasteiger partial charge in [-0.1, -0.05) is 12.1 Å². The van der Waals surface area contributed by atoms with Crippen molar-refractivity contribution in [1.29, 1.82) is 0 Å². The number of benzene rings is 1. The van der Waals surface area contributed by atoms with E-state index in [1.54, 1.807) is 0 Å². The van der Waals surface area contributed by atoms with Gasteiger partial charge in [0.1, 0.15) is 5.75 Å². The average molecular weight is 203 g/mol. The monoisotopic (exact) mass is 203 g/mol. The maximum absolute atomic E-state index is 5.70. The maximum atomic E-state index is 5.70. The first-order valence-corrected chi connectivity index (χ1v) is 5.92. The van der Waals surface area contributed by atoms with Crippen molar-refractivity contribution in [3.63, 3.8) is 0 Å². The molecule has 0 aromatic heterocycles. The summed E-state index contributed by atoms with van der Waals surface area (Å²) < 4.78 is 5.70. The van der Waals surface area contributed by atoms with E-state index in [0.717, 1.165) is 25.3 Å². The zero-order valence-electron chi connectivity index (χ0n) is 8.96. The van der Waals surface area contributed by atoms with Gasteiger partial charge in [0, 0.05) is 6.04 Å². The predicted molar refractivity (Wildman–Crippen MR) is 60.2 cm³/mol. The van der Waals surface area contributed by atoms with E-state index < -0.39 is 0 Å². The van der Waals surface area contributed by atoms with Crippen LogP contribution >= 0.6 is 0 Å². The number of hydrogen-bond acceptors (Lipinski definition) is 2. The number of ether oxygens (including phenoxy) is 1. The summed E-state index contributed by atoms with van der Waals surface area (Å²) in [6.45, 7) is 2.04. The van der Waals surface area contributed by atoms with Crippen molar-refractivity contribution in [2.24, 2.45) is 0 Å². The molecule has 1 aromatic rings. The fraction of sp³-hybridized carbons (Fsp3) is 0.538. The molecule has 2 heterocycles. The number of aryl methyl sites for hydroxylation is 1. The number of rotatable bonds is 1. The van der Waals surface area contributed by atoms with Crippen molar-refractivity contribution in [2.75, 3.05) is 13.2 Å². The van der Waals surface area contributed by atoms with Crippen LogP contribution in [0, 0.1) is 0 Å². The SMILES string of the molecule is c1cc2c(cc1[C@@H]1CCCN1)OCCC2. The van der Waals surface area contributed by atoms with Crippen molar-refractivity contribution >= 4 is 0 Å². The number of fused-ring (bicyclic) bond motifs is 1. The van der Waals surface area contributed by atoms with Crippen molar-refractivity contribution < 1.29 is 4.74 Å². The van der Waals surface area contributed by atoms with Gasteiger partial charge < -0.3 is 10.1 Å². The first kappa shape index (κ1) is 9.22. The number of nitrogens with one attached hydrogen (secondary N) is 1. The molecular formula is C13H17NO. The third-order valence-electron chi connectivity index (χ3n) is 3.40. The van der Waals surface area contributed by atoms with Crippen molar-refractivity contribution in [2.45, 2.75) is 31.7 Å². The molecule has 0 unspecified atom stereocenters. The van der Waals surface area contributed by atoms with Crippen molar-refractivity contribution in [3.05, 3.63) is 29.3 Å². The van der Waals surface area contributed by atoms with Crippen LogP contribution in [0.5, 0.6) is 5.75 Å². The summed E-state index contributed by atoms with van der Waals surface area (Å²) in [5.74, 6) is 1.12. The van der Waals surface area contributed by atoms with Gasteiger partial charge in [-0.15, -0.1) is 0 Å². The standard InChI is InChI=1S/C13H17NO/c1-4-12(14-7-1)11-6-5-10-3-2-8-15-13(10)9-11/h5-6,9,12,14H,1-4,7-8H2/t12-/m0/s1. The molecule has 0 saturated carbocycles. The minimum atomic E-state index is 0.556. The average Bonchev–Trinajstić information content (AvgIpc) is 2.82. The Morgan fingerprint density at radius 2 is 2.27 bits per heavy atom. The Hall–Kier alpha value is -1.02. The zero-order chi connectivity index (χ0) is 10.1. The lowest BCUT2D eigenvalue weighted by atomic mass is 9.99. The highest BCUT2D eigenvalue weighted by Crippen LogP contribution is 2.30. The molecule has 1 atom stereocenters. The molecule has 2 heteroatoms. The maximum Gasteiger partial charge on any atom is 0.122 e. The fourth-order valence-corrected chi connectivity index (χ4v) is 2.54. The lowest BCUT2D eigenvalue weighted by Crippen LogP contribution is -2.14. The molecule has 1 fully saturated rings. The van der Waals surface area contributed by atoms with Gasteiger partial charge in [0.2, 0.25) is 0 Å². The topological polar surface area (TPSA) is 21.3 Å². The van der Waals surface area contributed by atoms with Crippen molar-refractivity contribution in [3.8, 4) is 5.75 Å². The third-order valence-corrected chi connectivity index (χ3v) is 3.40. The van der Waals surface area contributed by atoms with Crippen LogP contribution in [0.25, 0.3) is 0 Å². The Morgan fingerprint density at radius 3 is 3.13 bits per heavy atom. The first-order chi connectivity index (χ1) is 7.43. The van der Waals surface area contributed by atoms with Gasteiger partial charge in [-0.3, -0.25) is 0 Å². The molecule has 0 amide bonds. The van der Waals surface area contributed by atoms with Crippen LogP contribution in [0.2, 0.25) is 0 Å². The summed E-state index contributed by atoms with van der Waals surface area (Å²) in [6, 6.07) is 7.29. The van der Waals surface area contributed by atoms with E-state index in [1.807, 2.05) is 0 Å². The minimum Gasteiger partial charge on any atom is -0.493 e. The van der Waals surface area contributed by atoms with Gasteiger partial charge in [0.15, 0.2) is 0 Å². The highest BCUT2D eigenvalue weighted by molar-refractivity contribution is 5.40. The highest BCUT2D eigenvalue weighted by Gasteiger charge is 2.18. The molecule has 1 aromatic carbocycles. The molecule has 0 radical (unpaired) electrons. The second-order valence-electron chi connectivity index (χ2n) is 4.47. The zero-order valence-corrected chi connectivity index (χ0v) is 8.96. The van der Waals surface area contributed by atoms with Crippen LogP contribution < -0.4 is 10.1 Å². The Bertz CT molecular complexity index is 356. The van der Waals surface area contributed by atoms with Gasteiger partial charge in [0.25, 0.3) is 0 Å². The van der Waals surface area contributed by atoms with E-state index in [1.165, 1.54) is 30.4 Å². The van der Waals surface area contributed by atoms with Crippen LogP contribution in [0.3, 0.4) is 0 Å². The highest BCUT2D eigenvalue weighted by atomic mass is 16.5. The lowest BCUT2D eigenvalue weighted by Gasteiger charge is -2.19. The Kier molecular flexibility index (Phi) is 2.37. The largest absolute Gasteiger partial charge is 0.493 e.